The van der Waals surface area contributed by atoms with Gasteiger partial charge < -0.3 is 4.90 Å². The highest BCUT2D eigenvalue weighted by atomic mass is 79.9. The second-order valence-electron chi connectivity index (χ2n) is 6.06. The van der Waals surface area contributed by atoms with Crippen LogP contribution in [-0.2, 0) is 6.42 Å². The first kappa shape index (κ1) is 15.4. The summed E-state index contributed by atoms with van der Waals surface area (Å²) in [5.74, 6) is 0. The van der Waals surface area contributed by atoms with Gasteiger partial charge in [0.2, 0.25) is 0 Å². The number of rotatable bonds is 4. The second kappa shape index (κ2) is 6.76. The summed E-state index contributed by atoms with van der Waals surface area (Å²) in [6, 6.07) is 17.4. The van der Waals surface area contributed by atoms with Crippen LogP contribution < -0.4 is 0 Å². The fourth-order valence-corrected chi connectivity index (χ4v) is 3.40. The molecule has 0 saturated carbocycles. The van der Waals surface area contributed by atoms with Gasteiger partial charge in [-0.2, -0.15) is 0 Å². The van der Waals surface area contributed by atoms with E-state index in [1.807, 2.05) is 6.07 Å². The topological polar surface area (TPSA) is 15.6 Å². The van der Waals surface area contributed by atoms with Crippen molar-refractivity contribution in [1.82, 2.24) is 4.90 Å². The molecule has 114 valence electrons. The van der Waals surface area contributed by atoms with Gasteiger partial charge >= 0.3 is 0 Å². The molecule has 3 heteroatoms. The molecule has 2 aromatic rings. The quantitative estimate of drug-likeness (QED) is 0.802. The Morgan fingerprint density at radius 2 is 1.73 bits per heavy atom. The van der Waals surface area contributed by atoms with Crippen LogP contribution in [0.15, 0.2) is 58.0 Å². The van der Waals surface area contributed by atoms with E-state index >= 15 is 0 Å². The van der Waals surface area contributed by atoms with Crippen molar-refractivity contribution in [3.05, 3.63) is 69.7 Å². The van der Waals surface area contributed by atoms with Gasteiger partial charge in [-0.05, 0) is 45.1 Å². The predicted octanol–water partition coefficient (Wildman–Crippen LogP) is 4.16. The van der Waals surface area contributed by atoms with Gasteiger partial charge in [-0.1, -0.05) is 58.4 Å². The fourth-order valence-electron chi connectivity index (χ4n) is 2.92. The van der Waals surface area contributed by atoms with Crippen molar-refractivity contribution in [2.45, 2.75) is 18.9 Å². The molecule has 2 aromatic carbocycles. The third-order valence-electron chi connectivity index (χ3n) is 4.08. The summed E-state index contributed by atoms with van der Waals surface area (Å²) in [4.78, 5) is 7.32. The van der Waals surface area contributed by atoms with E-state index in [0.29, 0.717) is 6.04 Å². The minimum atomic E-state index is 0.361. The van der Waals surface area contributed by atoms with Gasteiger partial charge in [-0.3, -0.25) is 4.99 Å². The zero-order valence-electron chi connectivity index (χ0n) is 13.1. The smallest absolute Gasteiger partial charge is 0.0736 e. The molecule has 3 rings (SSSR count). The lowest BCUT2D eigenvalue weighted by molar-refractivity contribution is 0.379. The van der Waals surface area contributed by atoms with Gasteiger partial charge in [0.15, 0.2) is 0 Å². The van der Waals surface area contributed by atoms with Crippen molar-refractivity contribution in [2.75, 3.05) is 20.6 Å². The molecule has 0 N–H and O–H groups in total. The lowest BCUT2D eigenvalue weighted by Gasteiger charge is -2.25. The highest BCUT2D eigenvalue weighted by Crippen LogP contribution is 2.28. The molecule has 0 aromatic heterocycles. The Bertz CT molecular complexity index is 691. The van der Waals surface area contributed by atoms with Crippen molar-refractivity contribution >= 4 is 21.6 Å². The minimum absolute atomic E-state index is 0.361. The van der Waals surface area contributed by atoms with Gasteiger partial charge in [0.05, 0.1) is 11.8 Å². The van der Waals surface area contributed by atoms with Gasteiger partial charge in [-0.25, -0.2) is 0 Å². The zero-order valence-corrected chi connectivity index (χ0v) is 14.7. The number of benzene rings is 2. The Balaban J connectivity index is 2.01. The van der Waals surface area contributed by atoms with Crippen molar-refractivity contribution in [2.24, 2.45) is 4.99 Å². The van der Waals surface area contributed by atoms with Crippen LogP contribution in [0.1, 0.15) is 23.1 Å². The van der Waals surface area contributed by atoms with Crippen molar-refractivity contribution in [1.29, 1.82) is 0 Å². The minimum Gasteiger partial charge on any atom is -0.309 e. The van der Waals surface area contributed by atoms with E-state index in [2.05, 4.69) is 77.4 Å². The van der Waals surface area contributed by atoms with Crippen molar-refractivity contribution in [3.63, 3.8) is 0 Å². The summed E-state index contributed by atoms with van der Waals surface area (Å²) in [7, 11) is 4.24. The van der Waals surface area contributed by atoms with E-state index in [1.165, 1.54) is 16.7 Å². The lowest BCUT2D eigenvalue weighted by atomic mass is 9.89. The SMILES string of the molecule is CN(C)CCC1Cc2ccccc2C(c2ccccc2Br)=N1. The van der Waals surface area contributed by atoms with Gasteiger partial charge in [0.25, 0.3) is 0 Å². The molecule has 1 atom stereocenters. The van der Waals surface area contributed by atoms with Crippen molar-refractivity contribution in [3.8, 4) is 0 Å². The number of fused-ring (bicyclic) bond motifs is 1. The molecule has 1 heterocycles. The molecule has 0 bridgehead atoms. The van der Waals surface area contributed by atoms with Crippen molar-refractivity contribution < 1.29 is 0 Å². The van der Waals surface area contributed by atoms with Crippen LogP contribution in [-0.4, -0.2) is 37.3 Å². The number of hydrogen-bond donors (Lipinski definition) is 0. The highest BCUT2D eigenvalue weighted by molar-refractivity contribution is 9.10. The predicted molar refractivity (Wildman–Crippen MR) is 96.9 cm³/mol. The Morgan fingerprint density at radius 1 is 1.05 bits per heavy atom. The second-order valence-corrected chi connectivity index (χ2v) is 6.92. The van der Waals surface area contributed by atoms with Crippen LogP contribution in [0.3, 0.4) is 0 Å². The summed E-state index contributed by atoms with van der Waals surface area (Å²) < 4.78 is 1.11. The van der Waals surface area contributed by atoms with Crippen LogP contribution in [0.5, 0.6) is 0 Å². The molecular formula is C19H21BrN2. The molecule has 0 fully saturated rings. The average Bonchev–Trinajstić information content (AvgIpc) is 2.53. The lowest BCUT2D eigenvalue weighted by Crippen LogP contribution is -2.26. The maximum atomic E-state index is 5.09. The van der Waals surface area contributed by atoms with Gasteiger partial charge in [0, 0.05) is 15.6 Å². The number of halogens is 1. The highest BCUT2D eigenvalue weighted by Gasteiger charge is 2.22. The van der Waals surface area contributed by atoms with E-state index in [4.69, 9.17) is 4.99 Å². The first-order valence-corrected chi connectivity index (χ1v) is 8.50. The van der Waals surface area contributed by atoms with Crippen LogP contribution in [0.25, 0.3) is 0 Å². The van der Waals surface area contributed by atoms with Crippen LogP contribution >= 0.6 is 15.9 Å². The van der Waals surface area contributed by atoms with Crippen LogP contribution in [0, 0.1) is 0 Å². The average molecular weight is 357 g/mol. The van der Waals surface area contributed by atoms with Gasteiger partial charge in [0.1, 0.15) is 0 Å². The molecule has 2 nitrogen and oxygen atoms in total. The molecule has 0 saturated heterocycles. The first-order valence-electron chi connectivity index (χ1n) is 7.71. The summed E-state index contributed by atoms with van der Waals surface area (Å²) in [6.07, 6.45) is 2.13. The van der Waals surface area contributed by atoms with E-state index < -0.39 is 0 Å². The number of aliphatic imine (C=N–C) groups is 1. The molecule has 0 aliphatic carbocycles. The maximum absolute atomic E-state index is 5.09. The molecule has 1 aliphatic heterocycles. The summed E-state index contributed by atoms with van der Waals surface area (Å²) in [5.41, 5.74) is 4.99. The Kier molecular flexibility index (Phi) is 4.74. The van der Waals surface area contributed by atoms with E-state index in [-0.39, 0.29) is 0 Å². The number of hydrogen-bond acceptors (Lipinski definition) is 2. The molecule has 22 heavy (non-hydrogen) atoms. The Labute approximate surface area is 141 Å². The summed E-state index contributed by atoms with van der Waals surface area (Å²) in [6.45, 7) is 1.07. The molecule has 1 aliphatic rings. The van der Waals surface area contributed by atoms with Gasteiger partial charge in [-0.15, -0.1) is 0 Å². The summed E-state index contributed by atoms with van der Waals surface area (Å²) >= 11 is 3.68. The molecular weight excluding hydrogens is 336 g/mol. The molecule has 1 unspecified atom stereocenters. The monoisotopic (exact) mass is 356 g/mol. The normalized spacial score (nSPS) is 17.3. The first-order chi connectivity index (χ1) is 10.6. The number of nitrogens with zero attached hydrogens (tertiary/aromatic N) is 2. The van der Waals surface area contributed by atoms with E-state index in [9.17, 15) is 0 Å². The third kappa shape index (κ3) is 3.31. The zero-order chi connectivity index (χ0) is 15.5. The Hall–Kier alpha value is -1.45. The maximum Gasteiger partial charge on any atom is 0.0736 e. The van der Waals surface area contributed by atoms with E-state index in [0.717, 1.165) is 29.6 Å². The third-order valence-corrected chi connectivity index (χ3v) is 4.77. The molecule has 0 amide bonds. The largest absolute Gasteiger partial charge is 0.309 e. The standard InChI is InChI=1S/C19H21BrN2/c1-22(2)12-11-15-13-14-7-3-4-8-16(14)19(21-15)17-9-5-6-10-18(17)20/h3-10,15H,11-13H2,1-2H3. The van der Waals surface area contributed by atoms with Crippen LogP contribution in [0.2, 0.25) is 0 Å². The fraction of sp³-hybridized carbons (Fsp3) is 0.316. The molecule has 0 radical (unpaired) electrons. The Morgan fingerprint density at radius 3 is 2.45 bits per heavy atom. The van der Waals surface area contributed by atoms with E-state index in [1.54, 1.807) is 0 Å². The molecule has 0 spiro atoms. The van der Waals surface area contributed by atoms with Crippen LogP contribution in [0.4, 0.5) is 0 Å². The summed E-state index contributed by atoms with van der Waals surface area (Å²) in [5, 5.41) is 0.